The van der Waals surface area contributed by atoms with E-state index in [0.717, 1.165) is 25.8 Å². The van der Waals surface area contributed by atoms with Crippen LogP contribution in [0.5, 0.6) is 11.5 Å². The monoisotopic (exact) mass is 475 g/mol. The van der Waals surface area contributed by atoms with E-state index in [1.54, 1.807) is 6.07 Å². The van der Waals surface area contributed by atoms with Crippen LogP contribution in [-0.4, -0.2) is 10.1 Å². The number of imidazole rings is 1. The molecular formula is C14H10Br3N2O2+. The standard InChI is InChI=1S/C14H9Br3N2O2/c15-7-5-10(14(20)13(17)12(7)16)21-6-11-18-8-3-1-2-4-9(8)19-11/h1-5,20H,6H2,(H,18,19)/p+1. The number of hydrogen-bond donors (Lipinski definition) is 2. The highest BCUT2D eigenvalue weighted by Gasteiger charge is 2.16. The molecule has 0 unspecified atom stereocenters. The van der Waals surface area contributed by atoms with Crippen LogP contribution in [-0.2, 0) is 6.61 Å². The fourth-order valence-corrected chi connectivity index (χ4v) is 3.34. The third-order valence-corrected chi connectivity index (χ3v) is 6.26. The van der Waals surface area contributed by atoms with Crippen molar-refractivity contribution in [1.29, 1.82) is 0 Å². The zero-order valence-electron chi connectivity index (χ0n) is 10.6. The number of H-pyrrole nitrogens is 2. The van der Waals surface area contributed by atoms with Crippen LogP contribution in [0.3, 0.4) is 0 Å². The van der Waals surface area contributed by atoms with Crippen molar-refractivity contribution in [3.8, 4) is 11.5 Å². The number of rotatable bonds is 3. The van der Waals surface area contributed by atoms with Gasteiger partial charge in [-0.2, -0.15) is 0 Å². The fourth-order valence-electron chi connectivity index (χ4n) is 1.95. The Labute approximate surface area is 145 Å². The molecular weight excluding hydrogens is 468 g/mol. The van der Waals surface area contributed by atoms with Gasteiger partial charge in [0.05, 0.1) is 4.47 Å². The Morgan fingerprint density at radius 3 is 2.67 bits per heavy atom. The van der Waals surface area contributed by atoms with Gasteiger partial charge in [0.2, 0.25) is 0 Å². The summed E-state index contributed by atoms with van der Waals surface area (Å²) in [5.74, 6) is 1.27. The van der Waals surface area contributed by atoms with Crippen LogP contribution in [0.15, 0.2) is 43.7 Å². The third-order valence-electron chi connectivity index (χ3n) is 2.97. The average Bonchev–Trinajstić information content (AvgIpc) is 2.90. The van der Waals surface area contributed by atoms with Crippen molar-refractivity contribution in [1.82, 2.24) is 4.98 Å². The molecule has 0 radical (unpaired) electrons. The minimum Gasteiger partial charge on any atom is -0.503 e. The maximum Gasteiger partial charge on any atom is 0.291 e. The van der Waals surface area contributed by atoms with Gasteiger partial charge in [-0.3, -0.25) is 0 Å². The van der Waals surface area contributed by atoms with Crippen LogP contribution in [0.25, 0.3) is 11.0 Å². The summed E-state index contributed by atoms with van der Waals surface area (Å²) in [6, 6.07) is 9.62. The van der Waals surface area contributed by atoms with Crippen molar-refractivity contribution in [3.05, 3.63) is 49.6 Å². The van der Waals surface area contributed by atoms with Crippen molar-refractivity contribution in [2.75, 3.05) is 0 Å². The predicted octanol–water partition coefficient (Wildman–Crippen LogP) is 4.55. The Morgan fingerprint density at radius 1 is 1.14 bits per heavy atom. The molecule has 3 N–H and O–H groups in total. The van der Waals surface area contributed by atoms with E-state index in [4.69, 9.17) is 4.74 Å². The second-order valence-corrected chi connectivity index (χ2v) is 6.84. The normalized spacial score (nSPS) is 11.0. The van der Waals surface area contributed by atoms with E-state index >= 15 is 0 Å². The van der Waals surface area contributed by atoms with Crippen LogP contribution in [0.1, 0.15) is 5.82 Å². The van der Waals surface area contributed by atoms with Gasteiger partial charge in [-0.25, -0.2) is 9.97 Å². The van der Waals surface area contributed by atoms with Gasteiger partial charge >= 0.3 is 0 Å². The van der Waals surface area contributed by atoms with Gasteiger partial charge in [-0.15, -0.1) is 0 Å². The second-order valence-electron chi connectivity index (χ2n) is 4.40. The van der Waals surface area contributed by atoms with Crippen LogP contribution in [0.2, 0.25) is 0 Å². The molecule has 3 rings (SSSR count). The van der Waals surface area contributed by atoms with Gasteiger partial charge in [-0.05, 0) is 66.0 Å². The predicted molar refractivity (Wildman–Crippen MR) is 90.4 cm³/mol. The topological polar surface area (TPSA) is 59.4 Å². The molecule has 4 nitrogen and oxygen atoms in total. The van der Waals surface area contributed by atoms with Gasteiger partial charge in [0, 0.05) is 8.95 Å². The number of aromatic nitrogens is 2. The summed E-state index contributed by atoms with van der Waals surface area (Å²) >= 11 is 10.1. The first-order valence-electron chi connectivity index (χ1n) is 6.04. The first kappa shape index (κ1) is 14.9. The Bertz CT molecular complexity index is 784. The van der Waals surface area contributed by atoms with Crippen LogP contribution in [0, 0.1) is 0 Å². The summed E-state index contributed by atoms with van der Waals surface area (Å²) in [6.45, 7) is 0.294. The summed E-state index contributed by atoms with van der Waals surface area (Å²) in [7, 11) is 0. The van der Waals surface area contributed by atoms with Crippen LogP contribution < -0.4 is 9.72 Å². The SMILES string of the molecule is Oc1c(OCc2[nH]c3ccccc3[nH+]2)cc(Br)c(Br)c1Br. The van der Waals surface area contributed by atoms with Crippen molar-refractivity contribution in [2.45, 2.75) is 6.61 Å². The Balaban J connectivity index is 1.84. The number of para-hydroxylation sites is 2. The van der Waals surface area contributed by atoms with E-state index in [1.165, 1.54) is 0 Å². The molecule has 0 saturated carbocycles. The minimum atomic E-state index is 0.0567. The van der Waals surface area contributed by atoms with Gasteiger partial charge in [0.25, 0.3) is 5.82 Å². The maximum atomic E-state index is 10.1. The fraction of sp³-hybridized carbons (Fsp3) is 0.0714. The van der Waals surface area contributed by atoms with Crippen LogP contribution in [0.4, 0.5) is 0 Å². The molecule has 0 saturated heterocycles. The molecule has 0 spiro atoms. The molecule has 0 fully saturated rings. The van der Waals surface area contributed by atoms with Crippen molar-refractivity contribution >= 4 is 58.8 Å². The van der Waals surface area contributed by atoms with Gasteiger partial charge < -0.3 is 9.84 Å². The number of nitrogens with one attached hydrogen (secondary N) is 2. The molecule has 0 amide bonds. The molecule has 3 aromatic rings. The Hall–Kier alpha value is -1.05. The quantitative estimate of drug-likeness (QED) is 0.543. The van der Waals surface area contributed by atoms with E-state index in [2.05, 4.69) is 57.8 Å². The van der Waals surface area contributed by atoms with E-state index in [9.17, 15) is 5.11 Å². The van der Waals surface area contributed by atoms with Crippen LogP contribution >= 0.6 is 47.8 Å². The Kier molecular flexibility index (Phi) is 4.24. The second kappa shape index (κ2) is 5.98. The largest absolute Gasteiger partial charge is 0.503 e. The van der Waals surface area contributed by atoms with Crippen molar-refractivity contribution in [3.63, 3.8) is 0 Å². The number of phenols is 1. The Morgan fingerprint density at radius 2 is 1.90 bits per heavy atom. The molecule has 108 valence electrons. The highest BCUT2D eigenvalue weighted by molar-refractivity contribution is 9.14. The summed E-state index contributed by atoms with van der Waals surface area (Å²) in [4.78, 5) is 6.46. The molecule has 0 atom stereocenters. The molecule has 0 bridgehead atoms. The number of benzene rings is 2. The number of fused-ring (bicyclic) bond motifs is 1. The van der Waals surface area contributed by atoms with Gasteiger partial charge in [0.1, 0.15) is 0 Å². The zero-order valence-corrected chi connectivity index (χ0v) is 15.3. The van der Waals surface area contributed by atoms with Gasteiger partial charge in [-0.1, -0.05) is 12.1 Å². The van der Waals surface area contributed by atoms with E-state index < -0.39 is 0 Å². The third kappa shape index (κ3) is 2.95. The zero-order chi connectivity index (χ0) is 15.0. The lowest BCUT2D eigenvalue weighted by Crippen LogP contribution is -2.10. The lowest BCUT2D eigenvalue weighted by Gasteiger charge is -2.09. The number of aromatic hydroxyl groups is 1. The summed E-state index contributed by atoms with van der Waals surface area (Å²) in [5, 5.41) is 10.1. The number of halogens is 3. The smallest absolute Gasteiger partial charge is 0.291 e. The highest BCUT2D eigenvalue weighted by Crippen LogP contribution is 2.43. The lowest BCUT2D eigenvalue weighted by atomic mass is 10.3. The lowest BCUT2D eigenvalue weighted by molar-refractivity contribution is -0.362. The summed E-state index contributed by atoms with van der Waals surface area (Å²) in [5.41, 5.74) is 2.02. The average molecular weight is 478 g/mol. The highest BCUT2D eigenvalue weighted by atomic mass is 79.9. The molecule has 1 aromatic heterocycles. The van der Waals surface area contributed by atoms with Gasteiger partial charge in [0.15, 0.2) is 29.1 Å². The number of ether oxygens (including phenoxy) is 1. The minimum absolute atomic E-state index is 0.0567. The molecule has 0 aliphatic heterocycles. The van der Waals surface area contributed by atoms with Crippen molar-refractivity contribution < 1.29 is 14.8 Å². The number of phenolic OH excluding ortho intramolecular Hbond substituents is 1. The number of aromatic amines is 2. The van der Waals surface area contributed by atoms with Crippen molar-refractivity contribution in [2.24, 2.45) is 0 Å². The van der Waals surface area contributed by atoms with E-state index in [-0.39, 0.29) is 5.75 Å². The van der Waals surface area contributed by atoms with E-state index in [1.807, 2.05) is 24.3 Å². The molecule has 7 heteroatoms. The molecule has 21 heavy (non-hydrogen) atoms. The molecule has 0 aliphatic carbocycles. The first-order valence-corrected chi connectivity index (χ1v) is 8.42. The first-order chi connectivity index (χ1) is 10.1. The summed E-state index contributed by atoms with van der Waals surface area (Å²) in [6.07, 6.45) is 0. The molecule has 0 aliphatic rings. The van der Waals surface area contributed by atoms with E-state index in [0.29, 0.717) is 16.8 Å². The molecule has 2 aromatic carbocycles. The number of hydrogen-bond acceptors (Lipinski definition) is 2. The summed E-state index contributed by atoms with van der Waals surface area (Å²) < 4.78 is 7.76. The maximum absolute atomic E-state index is 10.1. The molecule has 1 heterocycles.